The fourth-order valence-corrected chi connectivity index (χ4v) is 1.23. The largest absolute Gasteiger partial charge is 0.0991 e. The minimum atomic E-state index is 1.20. The van der Waals surface area contributed by atoms with Crippen molar-refractivity contribution in [1.29, 1.82) is 0 Å². The van der Waals surface area contributed by atoms with Gasteiger partial charge in [0, 0.05) is 6.42 Å². The van der Waals surface area contributed by atoms with Crippen molar-refractivity contribution in [3.05, 3.63) is 78.3 Å². The smallest absolute Gasteiger partial charge is 0.0127 e. The summed E-state index contributed by atoms with van der Waals surface area (Å²) in [5.41, 5.74) is 3.72. The SMILES string of the molecule is C=C\C=C(C)/C=C\C=C1\[CH]C=C(C)C=C1. The predicted molar refractivity (Wildman–Crippen MR) is 68.4 cm³/mol. The summed E-state index contributed by atoms with van der Waals surface area (Å²) in [6.45, 7) is 7.81. The number of hydrogen-bond acceptors (Lipinski definition) is 0. The zero-order valence-electron chi connectivity index (χ0n) is 9.40. The van der Waals surface area contributed by atoms with Crippen molar-refractivity contribution >= 4 is 0 Å². The first kappa shape index (κ1) is 11.5. The van der Waals surface area contributed by atoms with Gasteiger partial charge in [-0.3, -0.25) is 0 Å². The van der Waals surface area contributed by atoms with Crippen LogP contribution in [-0.4, -0.2) is 0 Å². The molecule has 0 amide bonds. The lowest BCUT2D eigenvalue weighted by molar-refractivity contribution is 1.40. The summed E-state index contributed by atoms with van der Waals surface area (Å²) in [4.78, 5) is 0. The molecule has 1 aliphatic carbocycles. The summed E-state index contributed by atoms with van der Waals surface area (Å²) < 4.78 is 0. The third kappa shape index (κ3) is 4.46. The minimum Gasteiger partial charge on any atom is -0.0991 e. The standard InChI is InChI=1S/C15H17/c1-4-6-13(2)7-5-8-15-11-9-14(3)10-12-15/h4-12H,1H2,2-3H3/b7-5-,13-6-. The summed E-state index contributed by atoms with van der Waals surface area (Å²) in [5.74, 6) is 0. The predicted octanol–water partition coefficient (Wildman–Crippen LogP) is 4.32. The van der Waals surface area contributed by atoms with Crippen molar-refractivity contribution in [2.24, 2.45) is 0 Å². The molecule has 77 valence electrons. The molecule has 0 bridgehead atoms. The molecule has 0 aromatic heterocycles. The van der Waals surface area contributed by atoms with Gasteiger partial charge in [0.25, 0.3) is 0 Å². The molecule has 0 atom stereocenters. The van der Waals surface area contributed by atoms with E-state index in [0.29, 0.717) is 0 Å². The van der Waals surface area contributed by atoms with Crippen LogP contribution >= 0.6 is 0 Å². The van der Waals surface area contributed by atoms with Crippen LogP contribution in [0.1, 0.15) is 13.8 Å². The second-order valence-corrected chi connectivity index (χ2v) is 3.58. The van der Waals surface area contributed by atoms with Crippen molar-refractivity contribution in [2.45, 2.75) is 13.8 Å². The van der Waals surface area contributed by atoms with Crippen LogP contribution in [0.5, 0.6) is 0 Å². The molecule has 0 aromatic rings. The second kappa shape index (κ2) is 6.02. The molecule has 1 rings (SSSR count). The van der Waals surface area contributed by atoms with Gasteiger partial charge in [-0.1, -0.05) is 66.3 Å². The van der Waals surface area contributed by atoms with Crippen LogP contribution in [0.4, 0.5) is 0 Å². The Morgan fingerprint density at radius 1 is 1.33 bits per heavy atom. The summed E-state index contributed by atoms with van der Waals surface area (Å²) in [6.07, 6.45) is 18.5. The minimum absolute atomic E-state index is 1.20. The summed E-state index contributed by atoms with van der Waals surface area (Å²) in [7, 11) is 0. The Kier molecular flexibility index (Phi) is 4.62. The van der Waals surface area contributed by atoms with Gasteiger partial charge in [0.15, 0.2) is 0 Å². The number of rotatable bonds is 3. The second-order valence-electron chi connectivity index (χ2n) is 3.58. The Morgan fingerprint density at radius 3 is 2.73 bits per heavy atom. The molecular formula is C15H17. The molecular weight excluding hydrogens is 180 g/mol. The van der Waals surface area contributed by atoms with Gasteiger partial charge >= 0.3 is 0 Å². The third-order valence-corrected chi connectivity index (χ3v) is 2.11. The van der Waals surface area contributed by atoms with E-state index in [1.807, 2.05) is 6.08 Å². The van der Waals surface area contributed by atoms with E-state index < -0.39 is 0 Å². The topological polar surface area (TPSA) is 0 Å². The molecule has 0 fully saturated rings. The first-order chi connectivity index (χ1) is 7.22. The fraction of sp³-hybridized carbons (Fsp3) is 0.133. The van der Waals surface area contributed by atoms with Gasteiger partial charge in [0.05, 0.1) is 0 Å². The highest BCUT2D eigenvalue weighted by molar-refractivity contribution is 5.44. The van der Waals surface area contributed by atoms with Gasteiger partial charge in [0.1, 0.15) is 0 Å². The maximum absolute atomic E-state index is 3.66. The Labute approximate surface area is 92.7 Å². The molecule has 0 heteroatoms. The maximum Gasteiger partial charge on any atom is 0.0127 e. The van der Waals surface area contributed by atoms with Crippen molar-refractivity contribution in [3.63, 3.8) is 0 Å². The lowest BCUT2D eigenvalue weighted by atomic mass is 10.0. The average Bonchev–Trinajstić information content (AvgIpc) is 2.21. The van der Waals surface area contributed by atoms with Gasteiger partial charge in [-0.2, -0.15) is 0 Å². The van der Waals surface area contributed by atoms with E-state index >= 15 is 0 Å². The van der Waals surface area contributed by atoms with Crippen molar-refractivity contribution < 1.29 is 0 Å². The fourth-order valence-electron chi connectivity index (χ4n) is 1.23. The van der Waals surface area contributed by atoms with Crippen LogP contribution in [0, 0.1) is 6.42 Å². The van der Waals surface area contributed by atoms with Crippen LogP contribution in [0.15, 0.2) is 71.9 Å². The molecule has 15 heavy (non-hydrogen) atoms. The highest BCUT2D eigenvalue weighted by Crippen LogP contribution is 2.13. The van der Waals surface area contributed by atoms with Crippen LogP contribution in [0.3, 0.4) is 0 Å². The molecule has 0 nitrogen and oxygen atoms in total. The highest BCUT2D eigenvalue weighted by atomic mass is 14.0. The normalized spacial score (nSPS) is 19.7. The van der Waals surface area contributed by atoms with Gasteiger partial charge in [-0.25, -0.2) is 0 Å². The lowest BCUT2D eigenvalue weighted by Crippen LogP contribution is -1.84. The van der Waals surface area contributed by atoms with Gasteiger partial charge in [-0.05, 0) is 19.4 Å². The zero-order chi connectivity index (χ0) is 11.1. The number of hydrogen-bond donors (Lipinski definition) is 0. The Bertz CT molecular complexity index is 371. The molecule has 0 aliphatic heterocycles. The average molecular weight is 197 g/mol. The summed E-state index contributed by atoms with van der Waals surface area (Å²) in [5, 5.41) is 0. The first-order valence-corrected chi connectivity index (χ1v) is 5.10. The Balaban J connectivity index is 2.57. The monoisotopic (exact) mass is 197 g/mol. The lowest BCUT2D eigenvalue weighted by Gasteiger charge is -2.03. The van der Waals surface area contributed by atoms with Crippen molar-refractivity contribution in [1.82, 2.24) is 0 Å². The van der Waals surface area contributed by atoms with Gasteiger partial charge in [0.2, 0.25) is 0 Å². The molecule has 0 saturated heterocycles. The van der Waals surface area contributed by atoms with E-state index in [2.05, 4.69) is 63.3 Å². The van der Waals surface area contributed by atoms with E-state index in [-0.39, 0.29) is 0 Å². The molecule has 0 saturated carbocycles. The van der Waals surface area contributed by atoms with Crippen LogP contribution < -0.4 is 0 Å². The van der Waals surface area contributed by atoms with Crippen molar-refractivity contribution in [2.75, 3.05) is 0 Å². The Morgan fingerprint density at radius 2 is 2.13 bits per heavy atom. The third-order valence-electron chi connectivity index (χ3n) is 2.11. The first-order valence-electron chi connectivity index (χ1n) is 5.10. The van der Waals surface area contributed by atoms with E-state index in [4.69, 9.17) is 0 Å². The number of allylic oxidation sites excluding steroid dienone is 11. The van der Waals surface area contributed by atoms with Gasteiger partial charge in [-0.15, -0.1) is 0 Å². The van der Waals surface area contributed by atoms with Crippen LogP contribution in [0.25, 0.3) is 0 Å². The van der Waals surface area contributed by atoms with Crippen LogP contribution in [-0.2, 0) is 0 Å². The molecule has 0 spiro atoms. The molecule has 1 aliphatic rings. The van der Waals surface area contributed by atoms with Gasteiger partial charge < -0.3 is 0 Å². The van der Waals surface area contributed by atoms with E-state index in [9.17, 15) is 0 Å². The molecule has 0 heterocycles. The summed E-state index contributed by atoms with van der Waals surface area (Å²) >= 11 is 0. The molecule has 0 unspecified atom stereocenters. The van der Waals surface area contributed by atoms with Crippen LogP contribution in [0.2, 0.25) is 0 Å². The molecule has 0 aromatic carbocycles. The highest BCUT2D eigenvalue weighted by Gasteiger charge is 1.95. The summed E-state index contributed by atoms with van der Waals surface area (Å²) in [6, 6.07) is 0. The maximum atomic E-state index is 3.66. The van der Waals surface area contributed by atoms with Crippen molar-refractivity contribution in [3.8, 4) is 0 Å². The zero-order valence-corrected chi connectivity index (χ0v) is 9.40. The molecule has 0 N–H and O–H groups in total. The quantitative estimate of drug-likeness (QED) is 0.591. The van der Waals surface area contributed by atoms with E-state index in [1.165, 1.54) is 16.7 Å². The van der Waals surface area contributed by atoms with E-state index in [0.717, 1.165) is 0 Å². The van der Waals surface area contributed by atoms with E-state index in [1.54, 1.807) is 6.08 Å². The Hall–Kier alpha value is -1.56. The molecule has 1 radical (unpaired) electrons.